The van der Waals surface area contributed by atoms with Crippen LogP contribution in [0.1, 0.15) is 22.3 Å². The van der Waals surface area contributed by atoms with E-state index >= 15 is 0 Å². The minimum absolute atomic E-state index is 0.328. The molecule has 0 atom stereocenters. The molecule has 0 unspecified atom stereocenters. The predicted octanol–water partition coefficient (Wildman–Crippen LogP) is 5.05. The molecule has 136 valence electrons. The third-order valence-corrected chi connectivity index (χ3v) is 4.51. The average Bonchev–Trinajstić information content (AvgIpc) is 3.04. The van der Waals surface area contributed by atoms with Crippen LogP contribution in [0.2, 0.25) is 5.02 Å². The summed E-state index contributed by atoms with van der Waals surface area (Å²) in [5, 5.41) is 20.1. The van der Waals surface area contributed by atoms with Crippen molar-refractivity contribution in [2.75, 3.05) is 12.4 Å². The third-order valence-electron chi connectivity index (χ3n) is 4.28. The van der Waals surface area contributed by atoms with E-state index in [-0.39, 0.29) is 0 Å². The van der Waals surface area contributed by atoms with Crippen LogP contribution >= 0.6 is 11.6 Å². The van der Waals surface area contributed by atoms with Crippen LogP contribution < -0.4 is 10.1 Å². The second-order valence-electron chi connectivity index (χ2n) is 5.91. The number of ether oxygens (including phenoxy) is 1. The van der Waals surface area contributed by atoms with E-state index in [1.54, 1.807) is 25.5 Å². The van der Waals surface area contributed by atoms with Gasteiger partial charge in [0.15, 0.2) is 11.6 Å². The Balaban J connectivity index is 1.88. The minimum atomic E-state index is 0.328. The summed E-state index contributed by atoms with van der Waals surface area (Å²) in [6.07, 6.45) is 1.71. The van der Waals surface area contributed by atoms with Crippen LogP contribution in [0.3, 0.4) is 0 Å². The maximum atomic E-state index is 9.52. The van der Waals surface area contributed by atoms with Crippen LogP contribution in [0.25, 0.3) is 0 Å². The Hall–Kier alpha value is -3.30. The van der Waals surface area contributed by atoms with Gasteiger partial charge in [-0.05, 0) is 60.9 Å². The van der Waals surface area contributed by atoms with E-state index in [2.05, 4.69) is 26.6 Å². The van der Waals surface area contributed by atoms with Crippen molar-refractivity contribution in [1.29, 1.82) is 5.26 Å². The molecule has 2 aromatic carbocycles. The molecular formula is C20H18ClN5O. The van der Waals surface area contributed by atoms with Crippen molar-refractivity contribution in [3.63, 3.8) is 0 Å². The van der Waals surface area contributed by atoms with E-state index in [0.29, 0.717) is 22.2 Å². The highest BCUT2D eigenvalue weighted by molar-refractivity contribution is 6.30. The Kier molecular flexibility index (Phi) is 5.43. The Morgan fingerprint density at radius 2 is 2.07 bits per heavy atom. The number of aromatic amines is 1. The Bertz CT molecular complexity index is 1050. The number of hydrogen-bond acceptors (Lipinski definition) is 5. The van der Waals surface area contributed by atoms with Crippen LogP contribution in [0, 0.1) is 25.2 Å². The first-order valence-electron chi connectivity index (χ1n) is 8.22. The van der Waals surface area contributed by atoms with Crippen molar-refractivity contribution >= 4 is 35.1 Å². The highest BCUT2D eigenvalue weighted by atomic mass is 35.5. The number of hydrogen-bond donors (Lipinski definition) is 2. The van der Waals surface area contributed by atoms with Crippen LogP contribution in [-0.2, 0) is 0 Å². The molecule has 2 N–H and O–H groups in total. The summed E-state index contributed by atoms with van der Waals surface area (Å²) < 4.78 is 5.33. The van der Waals surface area contributed by atoms with E-state index in [9.17, 15) is 5.26 Å². The Morgan fingerprint density at radius 3 is 2.78 bits per heavy atom. The molecular weight excluding hydrogens is 362 g/mol. The van der Waals surface area contributed by atoms with E-state index in [4.69, 9.17) is 16.3 Å². The second-order valence-corrected chi connectivity index (χ2v) is 6.34. The van der Waals surface area contributed by atoms with Crippen LogP contribution in [0.5, 0.6) is 5.75 Å². The van der Waals surface area contributed by atoms with Gasteiger partial charge in [-0.2, -0.15) is 10.4 Å². The number of H-pyrrole nitrogens is 1. The molecule has 0 amide bonds. The van der Waals surface area contributed by atoms with Gasteiger partial charge in [0.2, 0.25) is 0 Å². The van der Waals surface area contributed by atoms with E-state index in [1.165, 1.54) is 0 Å². The van der Waals surface area contributed by atoms with Crippen molar-refractivity contribution in [2.24, 2.45) is 4.99 Å². The quantitative estimate of drug-likeness (QED) is 0.607. The molecule has 0 aliphatic carbocycles. The highest BCUT2D eigenvalue weighted by Crippen LogP contribution is 2.27. The fourth-order valence-electron chi connectivity index (χ4n) is 2.64. The first kappa shape index (κ1) is 18.5. The van der Waals surface area contributed by atoms with Gasteiger partial charge in [-0.3, -0.25) is 5.10 Å². The summed E-state index contributed by atoms with van der Waals surface area (Å²) >= 11 is 5.99. The number of aliphatic imine (C=N–C) groups is 1. The van der Waals surface area contributed by atoms with Gasteiger partial charge in [0.05, 0.1) is 7.11 Å². The summed E-state index contributed by atoms with van der Waals surface area (Å²) in [5.74, 6) is 1.61. The number of aromatic nitrogens is 2. The number of nitrogens with zero attached hydrogens (tertiary/aromatic N) is 3. The molecule has 1 heterocycles. The Labute approximate surface area is 162 Å². The zero-order chi connectivity index (χ0) is 19.4. The second kappa shape index (κ2) is 7.94. The summed E-state index contributed by atoms with van der Waals surface area (Å²) in [6, 6.07) is 13.1. The fraction of sp³-hybridized carbons (Fsp3) is 0.150. The molecule has 3 rings (SSSR count). The first-order chi connectivity index (χ1) is 13.0. The summed E-state index contributed by atoms with van der Waals surface area (Å²) in [5.41, 5.74) is 4.12. The summed E-state index contributed by atoms with van der Waals surface area (Å²) in [4.78, 5) is 4.41. The Morgan fingerprint density at radius 1 is 1.26 bits per heavy atom. The first-order valence-corrected chi connectivity index (χ1v) is 8.60. The van der Waals surface area contributed by atoms with Crippen molar-refractivity contribution in [3.8, 4) is 11.8 Å². The fourth-order valence-corrected chi connectivity index (χ4v) is 2.83. The summed E-state index contributed by atoms with van der Waals surface area (Å²) in [7, 11) is 1.65. The van der Waals surface area contributed by atoms with Crippen LogP contribution in [-0.4, -0.2) is 23.5 Å². The van der Waals surface area contributed by atoms with Gasteiger partial charge in [-0.25, -0.2) is 4.99 Å². The van der Waals surface area contributed by atoms with Gasteiger partial charge in [0, 0.05) is 16.9 Å². The number of anilines is 2. The average molecular weight is 380 g/mol. The normalized spacial score (nSPS) is 10.8. The molecule has 7 heteroatoms. The van der Waals surface area contributed by atoms with E-state index in [0.717, 1.165) is 28.1 Å². The zero-order valence-electron chi connectivity index (χ0n) is 15.2. The SMILES string of the molecule is COc1ccc(/C=N/c2[nH]nc(Nc3cccc(Cl)c3)c2C#N)c(C)c1C. The van der Waals surface area contributed by atoms with Gasteiger partial charge in [0.25, 0.3) is 0 Å². The van der Waals surface area contributed by atoms with Crippen molar-refractivity contribution in [3.05, 3.63) is 63.7 Å². The highest BCUT2D eigenvalue weighted by Gasteiger charge is 2.13. The van der Waals surface area contributed by atoms with Gasteiger partial charge in [-0.1, -0.05) is 17.7 Å². The van der Waals surface area contributed by atoms with Crippen molar-refractivity contribution < 1.29 is 4.74 Å². The lowest BCUT2D eigenvalue weighted by atomic mass is 10.0. The number of halogens is 1. The van der Waals surface area contributed by atoms with Gasteiger partial charge in [-0.15, -0.1) is 0 Å². The smallest absolute Gasteiger partial charge is 0.172 e. The number of benzene rings is 2. The molecule has 0 aliphatic rings. The third kappa shape index (κ3) is 3.94. The van der Waals surface area contributed by atoms with Crippen LogP contribution in [0.15, 0.2) is 41.4 Å². The minimum Gasteiger partial charge on any atom is -0.496 e. The van der Waals surface area contributed by atoms with E-state index in [1.807, 2.05) is 38.1 Å². The zero-order valence-corrected chi connectivity index (χ0v) is 15.9. The maximum absolute atomic E-state index is 9.52. The largest absolute Gasteiger partial charge is 0.496 e. The number of nitriles is 1. The van der Waals surface area contributed by atoms with Crippen molar-refractivity contribution in [2.45, 2.75) is 13.8 Å². The maximum Gasteiger partial charge on any atom is 0.172 e. The topological polar surface area (TPSA) is 86.1 Å². The van der Waals surface area contributed by atoms with E-state index < -0.39 is 0 Å². The number of rotatable bonds is 5. The molecule has 0 saturated carbocycles. The van der Waals surface area contributed by atoms with Gasteiger partial charge >= 0.3 is 0 Å². The molecule has 0 fully saturated rings. The monoisotopic (exact) mass is 379 g/mol. The number of methoxy groups -OCH3 is 1. The lowest BCUT2D eigenvalue weighted by Crippen LogP contribution is -1.95. The molecule has 27 heavy (non-hydrogen) atoms. The lowest BCUT2D eigenvalue weighted by molar-refractivity contribution is 0.411. The molecule has 0 radical (unpaired) electrons. The number of nitrogens with one attached hydrogen (secondary N) is 2. The van der Waals surface area contributed by atoms with Gasteiger partial charge in [0.1, 0.15) is 17.4 Å². The van der Waals surface area contributed by atoms with Crippen LogP contribution in [0.4, 0.5) is 17.3 Å². The molecule has 0 saturated heterocycles. The predicted molar refractivity (Wildman–Crippen MR) is 108 cm³/mol. The van der Waals surface area contributed by atoms with Crippen molar-refractivity contribution in [1.82, 2.24) is 10.2 Å². The molecule has 3 aromatic rings. The molecule has 0 bridgehead atoms. The molecule has 0 aliphatic heterocycles. The molecule has 0 spiro atoms. The molecule has 1 aromatic heterocycles. The summed E-state index contributed by atoms with van der Waals surface area (Å²) in [6.45, 7) is 4.00. The van der Waals surface area contributed by atoms with Gasteiger partial charge < -0.3 is 10.1 Å². The molecule has 6 nitrogen and oxygen atoms in total. The standard InChI is InChI=1S/C20H18ClN5O/c1-12-13(2)18(27-3)8-7-14(12)11-23-19-17(10-22)20(26-25-19)24-16-6-4-5-15(21)9-16/h4-9,11H,1-3H3,(H2,24,25,26)/b23-11+. The lowest BCUT2D eigenvalue weighted by Gasteiger charge is -2.09.